The third kappa shape index (κ3) is 7.66. The van der Waals surface area contributed by atoms with Crippen molar-refractivity contribution in [2.75, 3.05) is 26.2 Å². The van der Waals surface area contributed by atoms with Crippen LogP contribution in [0.25, 0.3) is 10.9 Å². The number of pyridine rings is 1. The van der Waals surface area contributed by atoms with Gasteiger partial charge in [0.2, 0.25) is 0 Å². The Morgan fingerprint density at radius 3 is 2.61 bits per heavy atom. The molecule has 36 heavy (non-hydrogen) atoms. The number of para-hydroxylation sites is 1. The van der Waals surface area contributed by atoms with Crippen molar-refractivity contribution in [3.63, 3.8) is 0 Å². The lowest BCUT2D eigenvalue weighted by Crippen LogP contribution is -2.37. The number of benzene rings is 2. The summed E-state index contributed by atoms with van der Waals surface area (Å²) in [5, 5.41) is 3.86. The second-order valence-corrected chi connectivity index (χ2v) is 8.89. The predicted octanol–water partition coefficient (Wildman–Crippen LogP) is 5.87. The Morgan fingerprint density at radius 1 is 1.06 bits per heavy atom. The van der Waals surface area contributed by atoms with E-state index in [4.69, 9.17) is 4.74 Å². The second-order valence-electron chi connectivity index (χ2n) is 8.89. The molecule has 0 spiro atoms. The van der Waals surface area contributed by atoms with E-state index in [0.717, 1.165) is 68.4 Å². The van der Waals surface area contributed by atoms with Gasteiger partial charge in [-0.05, 0) is 62.1 Å². The van der Waals surface area contributed by atoms with Crippen molar-refractivity contribution >= 4 is 29.2 Å². The van der Waals surface area contributed by atoms with Crippen LogP contribution in [0.3, 0.4) is 0 Å². The minimum atomic E-state index is -4.34. The van der Waals surface area contributed by atoms with E-state index in [1.165, 1.54) is 6.07 Å². The van der Waals surface area contributed by atoms with E-state index >= 15 is 0 Å². The first-order valence-corrected chi connectivity index (χ1v) is 12.0. The third-order valence-corrected chi connectivity index (χ3v) is 6.35. The number of piperidine rings is 1. The van der Waals surface area contributed by atoms with Crippen LogP contribution in [0.2, 0.25) is 0 Å². The minimum absolute atomic E-state index is 0. The second kappa shape index (κ2) is 13.0. The van der Waals surface area contributed by atoms with Crippen molar-refractivity contribution in [1.82, 2.24) is 15.2 Å². The van der Waals surface area contributed by atoms with Crippen LogP contribution in [0, 0.1) is 0 Å². The molecule has 3 aromatic rings. The van der Waals surface area contributed by atoms with Gasteiger partial charge >= 0.3 is 6.18 Å². The van der Waals surface area contributed by atoms with Gasteiger partial charge in [0, 0.05) is 31.2 Å². The molecule has 1 aliphatic heterocycles. The zero-order valence-electron chi connectivity index (χ0n) is 20.0. The number of nitrogens with zero attached hydrogens (tertiary/aromatic N) is 2. The topological polar surface area (TPSA) is 54.5 Å². The van der Waals surface area contributed by atoms with Gasteiger partial charge in [0.25, 0.3) is 5.91 Å². The number of carbonyl (C=O) groups excluding carboxylic acids is 1. The number of hydrogen-bond donors (Lipinski definition) is 1. The van der Waals surface area contributed by atoms with Gasteiger partial charge in [-0.2, -0.15) is 13.2 Å². The quantitative estimate of drug-likeness (QED) is 0.358. The summed E-state index contributed by atoms with van der Waals surface area (Å²) in [7, 11) is 0. The van der Waals surface area contributed by atoms with Gasteiger partial charge in [-0.1, -0.05) is 30.3 Å². The van der Waals surface area contributed by atoms with E-state index in [9.17, 15) is 18.0 Å². The van der Waals surface area contributed by atoms with Crippen LogP contribution in [0.4, 0.5) is 13.2 Å². The highest BCUT2D eigenvalue weighted by atomic mass is 35.5. The molecule has 194 valence electrons. The molecule has 5 nitrogen and oxygen atoms in total. The summed E-state index contributed by atoms with van der Waals surface area (Å²) in [5.74, 6) is -0.0812. The highest BCUT2D eigenvalue weighted by Crippen LogP contribution is 2.30. The molecule has 1 amide bonds. The minimum Gasteiger partial charge on any atom is -0.373 e. The molecule has 0 atom stereocenters. The van der Waals surface area contributed by atoms with Gasteiger partial charge in [0.1, 0.15) is 0 Å². The van der Waals surface area contributed by atoms with Crippen LogP contribution >= 0.6 is 12.4 Å². The number of rotatable bonds is 9. The van der Waals surface area contributed by atoms with Crippen LogP contribution < -0.4 is 5.32 Å². The summed E-state index contributed by atoms with van der Waals surface area (Å²) < 4.78 is 44.5. The van der Waals surface area contributed by atoms with Gasteiger partial charge < -0.3 is 15.0 Å². The number of nitrogens with one attached hydrogen (secondary N) is 1. The van der Waals surface area contributed by atoms with Gasteiger partial charge in [-0.3, -0.25) is 9.78 Å². The molecule has 0 bridgehead atoms. The maximum absolute atomic E-state index is 12.9. The summed E-state index contributed by atoms with van der Waals surface area (Å²) in [6.45, 7) is 3.58. The number of alkyl halides is 3. The van der Waals surface area contributed by atoms with E-state index in [1.807, 2.05) is 24.3 Å². The molecular weight excluding hydrogens is 491 g/mol. The maximum atomic E-state index is 12.9. The lowest BCUT2D eigenvalue weighted by molar-refractivity contribution is -0.137. The van der Waals surface area contributed by atoms with Crippen LogP contribution in [-0.4, -0.2) is 48.1 Å². The fourth-order valence-corrected chi connectivity index (χ4v) is 4.40. The fraction of sp³-hybridized carbons (Fsp3) is 0.407. The molecule has 2 heterocycles. The third-order valence-electron chi connectivity index (χ3n) is 6.35. The Hall–Kier alpha value is -2.68. The lowest BCUT2D eigenvalue weighted by atomic mass is 10.1. The molecule has 0 radical (unpaired) electrons. The first-order chi connectivity index (χ1) is 16.9. The van der Waals surface area contributed by atoms with E-state index in [1.54, 1.807) is 18.3 Å². The van der Waals surface area contributed by atoms with Crippen LogP contribution in [-0.2, 0) is 17.5 Å². The highest BCUT2D eigenvalue weighted by Gasteiger charge is 2.30. The monoisotopic (exact) mass is 521 g/mol. The molecule has 4 rings (SSSR count). The smallest absolute Gasteiger partial charge is 0.373 e. The number of aromatic nitrogens is 1. The molecule has 1 saturated heterocycles. The van der Waals surface area contributed by atoms with Gasteiger partial charge in [0.15, 0.2) is 0 Å². The number of halogens is 4. The van der Waals surface area contributed by atoms with E-state index in [-0.39, 0.29) is 31.0 Å². The SMILES string of the molecule is Cl.O=C(NCCCCN1CCC(OCc2cccc(C(F)(F)F)c2)CC1)c1ccnc2ccccc12. The van der Waals surface area contributed by atoms with Gasteiger partial charge in [-0.15, -0.1) is 12.4 Å². The number of carbonyl (C=O) groups is 1. The fourth-order valence-electron chi connectivity index (χ4n) is 4.40. The van der Waals surface area contributed by atoms with Crippen molar-refractivity contribution in [2.24, 2.45) is 0 Å². The Balaban J connectivity index is 0.00000361. The summed E-state index contributed by atoms with van der Waals surface area (Å²) in [4.78, 5) is 19.2. The van der Waals surface area contributed by atoms with Gasteiger partial charge in [-0.25, -0.2) is 0 Å². The largest absolute Gasteiger partial charge is 0.416 e. The Morgan fingerprint density at radius 2 is 1.83 bits per heavy atom. The molecule has 1 N–H and O–H groups in total. The summed E-state index contributed by atoms with van der Waals surface area (Å²) in [6, 6.07) is 14.7. The van der Waals surface area contributed by atoms with Crippen molar-refractivity contribution in [1.29, 1.82) is 0 Å². The van der Waals surface area contributed by atoms with Crippen molar-refractivity contribution in [3.8, 4) is 0 Å². The van der Waals surface area contributed by atoms with Crippen LogP contribution in [0.1, 0.15) is 47.2 Å². The van der Waals surface area contributed by atoms with Crippen molar-refractivity contribution in [2.45, 2.75) is 44.6 Å². The van der Waals surface area contributed by atoms with Crippen molar-refractivity contribution < 1.29 is 22.7 Å². The zero-order chi connectivity index (χ0) is 24.7. The molecule has 0 saturated carbocycles. The number of likely N-dealkylation sites (tertiary alicyclic amines) is 1. The van der Waals surface area contributed by atoms with Crippen LogP contribution in [0.15, 0.2) is 60.8 Å². The first kappa shape index (κ1) is 27.9. The molecule has 1 aliphatic rings. The number of hydrogen-bond acceptors (Lipinski definition) is 4. The molecule has 2 aromatic carbocycles. The Bertz CT molecular complexity index is 1130. The molecule has 1 fully saturated rings. The molecular formula is C27H31ClF3N3O2. The lowest BCUT2D eigenvalue weighted by Gasteiger charge is -2.32. The molecule has 0 aliphatic carbocycles. The summed E-state index contributed by atoms with van der Waals surface area (Å²) in [6.07, 6.45) is 0.987. The molecule has 9 heteroatoms. The Kier molecular flexibility index (Phi) is 10.1. The highest BCUT2D eigenvalue weighted by molar-refractivity contribution is 6.05. The number of unbranched alkanes of at least 4 members (excludes halogenated alkanes) is 1. The van der Waals surface area contributed by atoms with E-state index in [0.29, 0.717) is 17.7 Å². The van der Waals surface area contributed by atoms with E-state index < -0.39 is 11.7 Å². The zero-order valence-corrected chi connectivity index (χ0v) is 20.8. The van der Waals surface area contributed by atoms with Gasteiger partial charge in [0.05, 0.1) is 29.4 Å². The van der Waals surface area contributed by atoms with Crippen molar-refractivity contribution in [3.05, 3.63) is 77.5 Å². The predicted molar refractivity (Wildman–Crippen MR) is 136 cm³/mol. The first-order valence-electron chi connectivity index (χ1n) is 12.0. The summed E-state index contributed by atoms with van der Waals surface area (Å²) >= 11 is 0. The number of amides is 1. The maximum Gasteiger partial charge on any atom is 0.416 e. The number of fused-ring (bicyclic) bond motifs is 1. The normalized spacial score (nSPS) is 15.0. The Labute approximate surface area is 215 Å². The molecule has 0 unspecified atom stereocenters. The number of ether oxygens (including phenoxy) is 1. The van der Waals surface area contributed by atoms with Crippen LogP contribution in [0.5, 0.6) is 0 Å². The molecule has 1 aromatic heterocycles. The van der Waals surface area contributed by atoms with E-state index in [2.05, 4.69) is 15.2 Å². The summed E-state index contributed by atoms with van der Waals surface area (Å²) in [5.41, 5.74) is 1.35. The average Bonchev–Trinajstić information content (AvgIpc) is 2.87. The average molecular weight is 522 g/mol. The standard InChI is InChI=1S/C27H30F3N3O2.ClH/c28-27(29,30)21-7-5-6-20(18-21)19-35-22-11-16-33(17-12-22)15-4-3-13-32-26(34)24-10-14-31-25-9-2-1-8-23(24)25;/h1-2,5-10,14,18,22H,3-4,11-13,15-17,19H2,(H,32,34);1H.